The van der Waals surface area contributed by atoms with Crippen molar-refractivity contribution in [1.29, 1.82) is 0 Å². The molecule has 4 nitrogen and oxygen atoms in total. The molecule has 1 aliphatic heterocycles. The van der Waals surface area contributed by atoms with Gasteiger partial charge >= 0.3 is 5.97 Å². The molecule has 2 fully saturated rings. The number of carbonyl (C=O) groups excluding carboxylic acids is 1. The number of para-hydroxylation sites is 1. The SMILES string of the molecule is CC(CCN1CCC(OC(=O)C2(c3ccccc3)CCCCCC2)CC1)Oc1ccccc1. The van der Waals surface area contributed by atoms with Crippen molar-refractivity contribution in [2.75, 3.05) is 19.6 Å². The zero-order valence-electron chi connectivity index (χ0n) is 20.1. The topological polar surface area (TPSA) is 38.8 Å². The highest BCUT2D eigenvalue weighted by Crippen LogP contribution is 2.40. The fourth-order valence-electron chi connectivity index (χ4n) is 5.37. The largest absolute Gasteiger partial charge is 0.491 e. The van der Waals surface area contributed by atoms with Crippen LogP contribution in [0.4, 0.5) is 0 Å². The standard InChI is InChI=1S/C29H39NO3/c1-24(32-26-14-8-5-9-15-26)16-21-30-22-17-27(18-23-30)33-28(31)29(19-10-2-3-11-20-29)25-12-6-4-7-13-25/h4-9,12-15,24,27H,2-3,10-11,16-23H2,1H3. The molecule has 1 unspecified atom stereocenters. The van der Waals surface area contributed by atoms with Crippen molar-refractivity contribution in [2.45, 2.75) is 82.3 Å². The van der Waals surface area contributed by atoms with Crippen LogP contribution in [0.25, 0.3) is 0 Å². The van der Waals surface area contributed by atoms with Crippen LogP contribution in [0, 0.1) is 0 Å². The van der Waals surface area contributed by atoms with E-state index in [1.165, 1.54) is 12.8 Å². The summed E-state index contributed by atoms with van der Waals surface area (Å²) in [6.45, 7) is 5.11. The van der Waals surface area contributed by atoms with Crippen molar-refractivity contribution in [3.05, 3.63) is 66.2 Å². The van der Waals surface area contributed by atoms with Gasteiger partial charge in [-0.05, 0) is 56.7 Å². The Morgan fingerprint density at radius 1 is 0.939 bits per heavy atom. The fraction of sp³-hybridized carbons (Fsp3) is 0.552. The summed E-state index contributed by atoms with van der Waals surface area (Å²) in [5.41, 5.74) is 0.681. The molecule has 4 heteroatoms. The van der Waals surface area contributed by atoms with E-state index in [0.29, 0.717) is 0 Å². The Kier molecular flexibility index (Phi) is 8.44. The van der Waals surface area contributed by atoms with Gasteiger partial charge in [0, 0.05) is 19.6 Å². The Balaban J connectivity index is 1.26. The summed E-state index contributed by atoms with van der Waals surface area (Å²) in [5, 5.41) is 0. The van der Waals surface area contributed by atoms with E-state index in [9.17, 15) is 4.79 Å². The molecule has 1 atom stereocenters. The Bertz CT molecular complexity index is 838. The highest BCUT2D eigenvalue weighted by molar-refractivity contribution is 5.83. The molecular weight excluding hydrogens is 410 g/mol. The van der Waals surface area contributed by atoms with Gasteiger partial charge in [-0.15, -0.1) is 0 Å². The van der Waals surface area contributed by atoms with Crippen LogP contribution in [0.1, 0.15) is 70.3 Å². The molecule has 0 N–H and O–H groups in total. The van der Waals surface area contributed by atoms with E-state index in [-0.39, 0.29) is 18.2 Å². The van der Waals surface area contributed by atoms with Gasteiger partial charge < -0.3 is 14.4 Å². The third kappa shape index (κ3) is 6.38. The maximum atomic E-state index is 13.6. The van der Waals surface area contributed by atoms with E-state index < -0.39 is 5.41 Å². The minimum absolute atomic E-state index is 0.0129. The predicted molar refractivity (Wildman–Crippen MR) is 133 cm³/mol. The lowest BCUT2D eigenvalue weighted by atomic mass is 9.74. The summed E-state index contributed by atoms with van der Waals surface area (Å²) >= 11 is 0. The van der Waals surface area contributed by atoms with Crippen molar-refractivity contribution >= 4 is 5.97 Å². The molecule has 0 amide bonds. The zero-order chi connectivity index (χ0) is 22.9. The van der Waals surface area contributed by atoms with Crippen LogP contribution in [0.5, 0.6) is 5.75 Å². The second kappa shape index (κ2) is 11.7. The fourth-order valence-corrected chi connectivity index (χ4v) is 5.37. The van der Waals surface area contributed by atoms with Gasteiger partial charge in [-0.25, -0.2) is 0 Å². The van der Waals surface area contributed by atoms with Crippen LogP contribution in [-0.2, 0) is 14.9 Å². The molecular formula is C29H39NO3. The molecule has 178 valence electrons. The van der Waals surface area contributed by atoms with Crippen LogP contribution < -0.4 is 4.74 Å². The Morgan fingerprint density at radius 2 is 1.55 bits per heavy atom. The number of rotatable bonds is 8. The predicted octanol–water partition coefficient (Wildman–Crippen LogP) is 6.14. The first-order chi connectivity index (χ1) is 16.2. The summed E-state index contributed by atoms with van der Waals surface area (Å²) in [5.74, 6) is 0.945. The highest BCUT2D eigenvalue weighted by atomic mass is 16.5. The summed E-state index contributed by atoms with van der Waals surface area (Å²) < 4.78 is 12.2. The van der Waals surface area contributed by atoms with Gasteiger partial charge in [0.2, 0.25) is 0 Å². The van der Waals surface area contributed by atoms with Crippen LogP contribution in [0.2, 0.25) is 0 Å². The maximum Gasteiger partial charge on any atom is 0.316 e. The molecule has 1 saturated heterocycles. The smallest absolute Gasteiger partial charge is 0.316 e. The van der Waals surface area contributed by atoms with Crippen molar-refractivity contribution in [2.24, 2.45) is 0 Å². The van der Waals surface area contributed by atoms with Crippen LogP contribution in [-0.4, -0.2) is 42.7 Å². The summed E-state index contributed by atoms with van der Waals surface area (Å²) in [7, 11) is 0. The number of esters is 1. The lowest BCUT2D eigenvalue weighted by Gasteiger charge is -2.36. The van der Waals surface area contributed by atoms with E-state index in [4.69, 9.17) is 9.47 Å². The highest BCUT2D eigenvalue weighted by Gasteiger charge is 2.42. The number of piperidine rings is 1. The van der Waals surface area contributed by atoms with Gasteiger partial charge in [-0.3, -0.25) is 4.79 Å². The molecule has 1 heterocycles. The maximum absolute atomic E-state index is 13.6. The van der Waals surface area contributed by atoms with Crippen molar-refractivity contribution in [1.82, 2.24) is 4.90 Å². The number of carbonyl (C=O) groups is 1. The molecule has 0 bridgehead atoms. The van der Waals surface area contributed by atoms with E-state index in [0.717, 1.165) is 75.9 Å². The van der Waals surface area contributed by atoms with Crippen molar-refractivity contribution in [3.63, 3.8) is 0 Å². The number of ether oxygens (including phenoxy) is 2. The van der Waals surface area contributed by atoms with Gasteiger partial charge in [0.15, 0.2) is 0 Å². The van der Waals surface area contributed by atoms with E-state index in [1.807, 2.05) is 36.4 Å². The van der Waals surface area contributed by atoms with E-state index in [2.05, 4.69) is 36.1 Å². The van der Waals surface area contributed by atoms with E-state index in [1.54, 1.807) is 0 Å². The van der Waals surface area contributed by atoms with Gasteiger partial charge in [-0.1, -0.05) is 74.2 Å². The molecule has 0 aromatic heterocycles. The normalized spacial score (nSPS) is 20.5. The Morgan fingerprint density at radius 3 is 2.18 bits per heavy atom. The number of nitrogens with zero attached hydrogens (tertiary/aromatic N) is 1. The lowest BCUT2D eigenvalue weighted by molar-refractivity contribution is -0.159. The van der Waals surface area contributed by atoms with Crippen LogP contribution in [0.15, 0.2) is 60.7 Å². The Hall–Kier alpha value is -2.33. The second-order valence-corrected chi connectivity index (χ2v) is 9.84. The molecule has 0 radical (unpaired) electrons. The number of likely N-dealkylation sites (tertiary alicyclic amines) is 1. The first kappa shape index (κ1) is 23.8. The first-order valence-electron chi connectivity index (χ1n) is 12.9. The second-order valence-electron chi connectivity index (χ2n) is 9.84. The van der Waals surface area contributed by atoms with Crippen LogP contribution in [0.3, 0.4) is 0 Å². The first-order valence-corrected chi connectivity index (χ1v) is 12.9. The Labute approximate surface area is 199 Å². The van der Waals surface area contributed by atoms with Gasteiger partial charge in [-0.2, -0.15) is 0 Å². The number of benzene rings is 2. The molecule has 1 aliphatic carbocycles. The van der Waals surface area contributed by atoms with Gasteiger partial charge in [0.1, 0.15) is 11.9 Å². The van der Waals surface area contributed by atoms with Crippen molar-refractivity contribution < 1.29 is 14.3 Å². The summed E-state index contributed by atoms with van der Waals surface area (Å²) in [4.78, 5) is 16.0. The zero-order valence-corrected chi connectivity index (χ0v) is 20.1. The van der Waals surface area contributed by atoms with Gasteiger partial charge in [0.05, 0.1) is 11.5 Å². The average molecular weight is 450 g/mol. The third-order valence-corrected chi connectivity index (χ3v) is 7.41. The molecule has 33 heavy (non-hydrogen) atoms. The minimum atomic E-state index is -0.459. The van der Waals surface area contributed by atoms with Crippen LogP contribution >= 0.6 is 0 Å². The lowest BCUT2D eigenvalue weighted by Crippen LogP contribution is -2.43. The minimum Gasteiger partial charge on any atom is -0.491 e. The molecule has 1 saturated carbocycles. The summed E-state index contributed by atoms with van der Waals surface area (Å²) in [6, 6.07) is 20.4. The number of hydrogen-bond acceptors (Lipinski definition) is 4. The quantitative estimate of drug-likeness (QED) is 0.358. The van der Waals surface area contributed by atoms with E-state index >= 15 is 0 Å². The number of hydrogen-bond donors (Lipinski definition) is 0. The molecule has 2 aromatic carbocycles. The molecule has 0 spiro atoms. The third-order valence-electron chi connectivity index (χ3n) is 7.41. The average Bonchev–Trinajstić information content (AvgIpc) is 3.12. The summed E-state index contributed by atoms with van der Waals surface area (Å²) in [6.07, 6.45) is 9.52. The monoisotopic (exact) mass is 449 g/mol. The molecule has 2 aromatic rings. The van der Waals surface area contributed by atoms with Crippen molar-refractivity contribution in [3.8, 4) is 5.75 Å². The van der Waals surface area contributed by atoms with Gasteiger partial charge in [0.25, 0.3) is 0 Å². The molecule has 2 aliphatic rings. The molecule has 4 rings (SSSR count).